The smallest absolute Gasteiger partial charge is 0.330 e. The van der Waals surface area contributed by atoms with Crippen molar-refractivity contribution in [3.63, 3.8) is 0 Å². The monoisotopic (exact) mass is 319 g/mol. The summed E-state index contributed by atoms with van der Waals surface area (Å²) in [5.41, 5.74) is 1.03. The molecule has 0 atom stereocenters. The van der Waals surface area contributed by atoms with Crippen molar-refractivity contribution in [2.45, 2.75) is 26.8 Å². The fraction of sp³-hybridized carbons (Fsp3) is 0.286. The van der Waals surface area contributed by atoms with Crippen LogP contribution in [0.1, 0.15) is 25.6 Å². The number of fused-ring (bicyclic) bond motifs is 1. The van der Waals surface area contributed by atoms with Gasteiger partial charge in [0.1, 0.15) is 16.5 Å². The Morgan fingerprint density at radius 1 is 1.18 bits per heavy atom. The second-order valence-electron chi connectivity index (χ2n) is 5.27. The van der Waals surface area contributed by atoms with Crippen LogP contribution in [0.5, 0.6) is 0 Å². The van der Waals surface area contributed by atoms with Crippen LogP contribution < -0.4 is 11.2 Å². The largest absolute Gasteiger partial charge is 0.332 e. The summed E-state index contributed by atoms with van der Waals surface area (Å²) in [5.74, 6) is 0.474. The number of aromatic nitrogens is 5. The summed E-state index contributed by atoms with van der Waals surface area (Å²) >= 11 is 5.85. The van der Waals surface area contributed by atoms with Crippen LogP contribution in [0.2, 0.25) is 5.15 Å². The molecule has 0 aliphatic carbocycles. The molecule has 0 radical (unpaired) electrons. The number of nitrogens with one attached hydrogen (secondary N) is 2. The molecular weight excluding hydrogens is 306 g/mol. The number of rotatable bonds is 2. The van der Waals surface area contributed by atoms with Crippen molar-refractivity contribution >= 4 is 22.8 Å². The molecule has 0 aliphatic heterocycles. The topological polar surface area (TPSA) is 96.4 Å². The number of imidazole rings is 1. The fourth-order valence-corrected chi connectivity index (χ4v) is 2.59. The van der Waals surface area contributed by atoms with Crippen LogP contribution in [-0.4, -0.2) is 24.5 Å². The first-order valence-electron chi connectivity index (χ1n) is 6.76. The van der Waals surface area contributed by atoms with Crippen LogP contribution in [0.25, 0.3) is 22.6 Å². The minimum absolute atomic E-state index is 0.132. The number of hydrogen-bond acceptors (Lipinski definition) is 4. The SMILES string of the molecule is Cc1nc(Cl)ccc1-c1nc2c([nH]1)c(=O)[nH]c(=O)n2C(C)C. The lowest BCUT2D eigenvalue weighted by molar-refractivity contribution is 0.580. The van der Waals surface area contributed by atoms with Gasteiger partial charge in [0.15, 0.2) is 5.65 Å². The van der Waals surface area contributed by atoms with Crippen LogP contribution in [0.3, 0.4) is 0 Å². The van der Waals surface area contributed by atoms with Crippen molar-refractivity contribution in [2.24, 2.45) is 0 Å². The number of nitrogens with zero attached hydrogens (tertiary/aromatic N) is 3. The molecule has 2 N–H and O–H groups in total. The van der Waals surface area contributed by atoms with E-state index in [1.165, 1.54) is 4.57 Å². The minimum atomic E-state index is -0.491. The lowest BCUT2D eigenvalue weighted by Crippen LogP contribution is -2.31. The predicted molar refractivity (Wildman–Crippen MR) is 84.3 cm³/mol. The molecule has 0 saturated heterocycles. The van der Waals surface area contributed by atoms with Crippen LogP contribution >= 0.6 is 11.6 Å². The third-order valence-electron chi connectivity index (χ3n) is 3.40. The van der Waals surface area contributed by atoms with Gasteiger partial charge in [0.25, 0.3) is 5.56 Å². The number of aryl methyl sites for hydroxylation is 1. The van der Waals surface area contributed by atoms with Crippen molar-refractivity contribution in [3.8, 4) is 11.4 Å². The third-order valence-corrected chi connectivity index (χ3v) is 3.61. The highest BCUT2D eigenvalue weighted by Crippen LogP contribution is 2.23. The van der Waals surface area contributed by atoms with E-state index in [0.717, 1.165) is 5.56 Å². The van der Waals surface area contributed by atoms with E-state index < -0.39 is 11.2 Å². The molecule has 3 heterocycles. The molecule has 0 saturated carbocycles. The van der Waals surface area contributed by atoms with Gasteiger partial charge >= 0.3 is 5.69 Å². The van der Waals surface area contributed by atoms with Gasteiger partial charge in [-0.05, 0) is 32.9 Å². The van der Waals surface area contributed by atoms with Crippen molar-refractivity contribution in [3.05, 3.63) is 43.8 Å². The Morgan fingerprint density at radius 2 is 1.91 bits per heavy atom. The summed E-state index contributed by atoms with van der Waals surface area (Å²) in [6.45, 7) is 5.50. The van der Waals surface area contributed by atoms with Gasteiger partial charge in [0.2, 0.25) is 0 Å². The second kappa shape index (κ2) is 5.10. The molecule has 7 nitrogen and oxygen atoms in total. The van der Waals surface area contributed by atoms with Gasteiger partial charge in [0, 0.05) is 17.3 Å². The second-order valence-corrected chi connectivity index (χ2v) is 5.66. The van der Waals surface area contributed by atoms with Crippen molar-refractivity contribution in [1.82, 2.24) is 24.5 Å². The van der Waals surface area contributed by atoms with Crippen molar-refractivity contribution in [1.29, 1.82) is 0 Å². The van der Waals surface area contributed by atoms with Crippen LogP contribution in [0.15, 0.2) is 21.7 Å². The lowest BCUT2D eigenvalue weighted by Gasteiger charge is -2.08. The third kappa shape index (κ3) is 2.23. The van der Waals surface area contributed by atoms with E-state index in [2.05, 4.69) is 19.9 Å². The maximum absolute atomic E-state index is 12.0. The molecule has 0 bridgehead atoms. The van der Waals surface area contributed by atoms with Crippen LogP contribution in [0.4, 0.5) is 0 Å². The Balaban J connectivity index is 2.35. The van der Waals surface area contributed by atoms with Crippen LogP contribution in [-0.2, 0) is 0 Å². The molecule has 114 valence electrons. The Kier molecular flexibility index (Phi) is 3.37. The number of pyridine rings is 1. The Labute approximate surface area is 130 Å². The molecule has 0 fully saturated rings. The first-order chi connectivity index (χ1) is 10.4. The molecule has 0 spiro atoms. The highest BCUT2D eigenvalue weighted by Gasteiger charge is 2.16. The van der Waals surface area contributed by atoms with E-state index in [4.69, 9.17) is 11.6 Å². The summed E-state index contributed by atoms with van der Waals surface area (Å²) in [6.07, 6.45) is 0. The van der Waals surface area contributed by atoms with Crippen molar-refractivity contribution in [2.75, 3.05) is 0 Å². The average Bonchev–Trinajstić information content (AvgIpc) is 2.82. The van der Waals surface area contributed by atoms with Gasteiger partial charge in [-0.3, -0.25) is 14.3 Å². The normalized spacial score (nSPS) is 11.5. The molecule has 0 aromatic carbocycles. The molecule has 0 aliphatic rings. The zero-order valence-electron chi connectivity index (χ0n) is 12.3. The molecule has 3 aromatic rings. The number of hydrogen-bond donors (Lipinski definition) is 2. The van der Waals surface area contributed by atoms with E-state index in [1.54, 1.807) is 19.1 Å². The zero-order chi connectivity index (χ0) is 16.0. The van der Waals surface area contributed by atoms with E-state index in [9.17, 15) is 9.59 Å². The van der Waals surface area contributed by atoms with E-state index in [1.807, 2.05) is 13.8 Å². The molecule has 3 rings (SSSR count). The average molecular weight is 320 g/mol. The zero-order valence-corrected chi connectivity index (χ0v) is 13.0. The summed E-state index contributed by atoms with van der Waals surface area (Å²) in [7, 11) is 0. The number of aromatic amines is 2. The molecule has 8 heteroatoms. The van der Waals surface area contributed by atoms with E-state index >= 15 is 0 Å². The Hall–Kier alpha value is -2.41. The number of H-pyrrole nitrogens is 2. The Morgan fingerprint density at radius 3 is 2.55 bits per heavy atom. The predicted octanol–water partition coefficient (Wildman–Crippen LogP) is 2.02. The maximum Gasteiger partial charge on any atom is 0.330 e. The molecular formula is C14H14ClN5O2. The van der Waals surface area contributed by atoms with Gasteiger partial charge in [-0.2, -0.15) is 0 Å². The quantitative estimate of drug-likeness (QED) is 0.706. The summed E-state index contributed by atoms with van der Waals surface area (Å²) in [6, 6.07) is 3.29. The highest BCUT2D eigenvalue weighted by molar-refractivity contribution is 6.29. The molecule has 0 unspecified atom stereocenters. The van der Waals surface area contributed by atoms with E-state index in [-0.39, 0.29) is 11.6 Å². The Bertz CT molecular complexity index is 983. The maximum atomic E-state index is 12.0. The van der Waals surface area contributed by atoms with Crippen molar-refractivity contribution < 1.29 is 0 Å². The van der Waals surface area contributed by atoms with Crippen LogP contribution in [0, 0.1) is 6.92 Å². The standard InChI is InChI=1S/C14H14ClN5O2/c1-6(2)20-12-10(13(21)19-14(20)22)17-11(18-12)8-4-5-9(15)16-7(8)3/h4-6H,1-3H3,(H,17,18)(H,19,21,22). The van der Waals surface area contributed by atoms with Gasteiger partial charge in [-0.15, -0.1) is 0 Å². The number of halogens is 1. The molecule has 3 aromatic heterocycles. The van der Waals surface area contributed by atoms with Gasteiger partial charge in [0.05, 0.1) is 0 Å². The fourth-order valence-electron chi connectivity index (χ4n) is 2.40. The summed E-state index contributed by atoms with van der Waals surface area (Å²) < 4.78 is 1.44. The molecule has 0 amide bonds. The lowest BCUT2D eigenvalue weighted by atomic mass is 10.2. The summed E-state index contributed by atoms with van der Waals surface area (Å²) in [5, 5.41) is 0.384. The highest BCUT2D eigenvalue weighted by atomic mass is 35.5. The first kappa shape index (κ1) is 14.5. The van der Waals surface area contributed by atoms with Gasteiger partial charge in [-0.1, -0.05) is 11.6 Å². The van der Waals surface area contributed by atoms with Gasteiger partial charge < -0.3 is 4.98 Å². The van der Waals surface area contributed by atoms with E-state index in [0.29, 0.717) is 22.3 Å². The minimum Gasteiger partial charge on any atom is -0.332 e. The van der Waals surface area contributed by atoms with Gasteiger partial charge in [-0.25, -0.2) is 14.8 Å². The first-order valence-corrected chi connectivity index (χ1v) is 7.14. The molecule has 22 heavy (non-hydrogen) atoms. The summed E-state index contributed by atoms with van der Waals surface area (Å²) in [4.78, 5) is 37.8.